The van der Waals surface area contributed by atoms with Gasteiger partial charge in [0, 0.05) is 19.1 Å². The third-order valence-corrected chi connectivity index (χ3v) is 2.63. The predicted molar refractivity (Wildman–Crippen MR) is 60.4 cm³/mol. The smallest absolute Gasteiger partial charge is 0.188 e. The van der Waals surface area contributed by atoms with Crippen LogP contribution in [0, 0.1) is 0 Å². The Morgan fingerprint density at radius 1 is 1.57 bits per heavy atom. The highest BCUT2D eigenvalue weighted by Gasteiger charge is 2.18. The van der Waals surface area contributed by atoms with Gasteiger partial charge in [-0.2, -0.15) is 0 Å². The van der Waals surface area contributed by atoms with Crippen molar-refractivity contribution in [2.45, 2.75) is 32.7 Å². The number of likely N-dealkylation sites (tertiary alicyclic amines) is 1. The summed E-state index contributed by atoms with van der Waals surface area (Å²) in [6.45, 7) is 8.39. The number of hydrogen-bond donors (Lipinski definition) is 2. The molecule has 1 aliphatic heterocycles. The fourth-order valence-electron chi connectivity index (χ4n) is 1.89. The monoisotopic (exact) mass is 198 g/mol. The highest BCUT2D eigenvalue weighted by atomic mass is 15.2. The summed E-state index contributed by atoms with van der Waals surface area (Å²) in [7, 11) is 0. The van der Waals surface area contributed by atoms with E-state index in [4.69, 9.17) is 5.73 Å². The van der Waals surface area contributed by atoms with Gasteiger partial charge in [0.15, 0.2) is 5.96 Å². The molecule has 1 atom stereocenters. The second-order valence-corrected chi connectivity index (χ2v) is 3.74. The van der Waals surface area contributed by atoms with Crippen molar-refractivity contribution in [1.29, 1.82) is 0 Å². The van der Waals surface area contributed by atoms with E-state index in [2.05, 4.69) is 22.1 Å². The molecule has 1 unspecified atom stereocenters. The van der Waals surface area contributed by atoms with Gasteiger partial charge >= 0.3 is 0 Å². The largest absolute Gasteiger partial charge is 0.370 e. The molecule has 0 bridgehead atoms. The quantitative estimate of drug-likeness (QED) is 0.510. The first kappa shape index (κ1) is 11.3. The van der Waals surface area contributed by atoms with Crippen molar-refractivity contribution in [2.75, 3.05) is 26.2 Å². The minimum Gasteiger partial charge on any atom is -0.370 e. The molecule has 0 amide bonds. The maximum absolute atomic E-state index is 5.72. The minimum absolute atomic E-state index is 0.485. The van der Waals surface area contributed by atoms with Crippen LogP contribution < -0.4 is 11.1 Å². The van der Waals surface area contributed by atoms with Crippen molar-refractivity contribution < 1.29 is 0 Å². The highest BCUT2D eigenvalue weighted by molar-refractivity contribution is 5.78. The molecule has 0 aromatic carbocycles. The van der Waals surface area contributed by atoms with Crippen LogP contribution in [0.5, 0.6) is 0 Å². The van der Waals surface area contributed by atoms with Crippen LogP contribution >= 0.6 is 0 Å². The lowest BCUT2D eigenvalue weighted by molar-refractivity contribution is 0.210. The fourth-order valence-corrected chi connectivity index (χ4v) is 1.89. The molecule has 4 heteroatoms. The number of hydrogen-bond acceptors (Lipinski definition) is 2. The van der Waals surface area contributed by atoms with Gasteiger partial charge in [-0.3, -0.25) is 4.99 Å². The van der Waals surface area contributed by atoms with E-state index in [1.807, 2.05) is 6.92 Å². The molecule has 4 nitrogen and oxygen atoms in total. The second-order valence-electron chi connectivity index (χ2n) is 3.74. The average Bonchev–Trinajstić information content (AvgIpc) is 2.18. The first-order valence-electron chi connectivity index (χ1n) is 5.55. The Balaban J connectivity index is 2.33. The lowest BCUT2D eigenvalue weighted by atomic mass is 10.1. The van der Waals surface area contributed by atoms with Gasteiger partial charge in [-0.25, -0.2) is 0 Å². The number of likely N-dealkylation sites (N-methyl/N-ethyl adjacent to an activating group) is 1. The standard InChI is InChI=1S/C10H22N4/c1-3-12-10(11)13-9-6-5-7-14(4-2)8-9/h9H,3-8H2,1-2H3,(H3,11,12,13). The van der Waals surface area contributed by atoms with E-state index in [0.717, 1.165) is 19.6 Å². The molecule has 1 rings (SSSR count). The van der Waals surface area contributed by atoms with Gasteiger partial charge in [0.25, 0.3) is 0 Å². The third kappa shape index (κ3) is 3.54. The zero-order chi connectivity index (χ0) is 10.4. The van der Waals surface area contributed by atoms with Crippen LogP contribution in [0.25, 0.3) is 0 Å². The molecule has 0 radical (unpaired) electrons. The summed E-state index contributed by atoms with van der Waals surface area (Å²) in [4.78, 5) is 6.58. The summed E-state index contributed by atoms with van der Waals surface area (Å²) in [6, 6.07) is 0.485. The zero-order valence-corrected chi connectivity index (χ0v) is 9.29. The molecule has 1 heterocycles. The maximum Gasteiger partial charge on any atom is 0.188 e. The Hall–Kier alpha value is -0.770. The van der Waals surface area contributed by atoms with Crippen molar-refractivity contribution in [2.24, 2.45) is 10.7 Å². The fraction of sp³-hybridized carbons (Fsp3) is 0.900. The van der Waals surface area contributed by atoms with Crippen LogP contribution in [0.2, 0.25) is 0 Å². The first-order chi connectivity index (χ1) is 6.76. The van der Waals surface area contributed by atoms with Gasteiger partial charge in [0.1, 0.15) is 0 Å². The van der Waals surface area contributed by atoms with Crippen molar-refractivity contribution in [3.8, 4) is 0 Å². The number of nitrogens with zero attached hydrogens (tertiary/aromatic N) is 2. The molecule has 0 spiro atoms. The molecular formula is C10H22N4. The Labute approximate surface area is 86.6 Å². The van der Waals surface area contributed by atoms with Crippen LogP contribution in [0.15, 0.2) is 4.99 Å². The lowest BCUT2D eigenvalue weighted by Crippen LogP contribution is -2.49. The number of rotatable bonds is 3. The van der Waals surface area contributed by atoms with E-state index in [-0.39, 0.29) is 0 Å². The van der Waals surface area contributed by atoms with E-state index in [9.17, 15) is 0 Å². The van der Waals surface area contributed by atoms with E-state index in [1.165, 1.54) is 19.4 Å². The van der Waals surface area contributed by atoms with Crippen molar-refractivity contribution in [3.63, 3.8) is 0 Å². The summed E-state index contributed by atoms with van der Waals surface area (Å²) in [5, 5.41) is 3.27. The molecule has 0 aliphatic carbocycles. The van der Waals surface area contributed by atoms with E-state index < -0.39 is 0 Å². The minimum atomic E-state index is 0.485. The lowest BCUT2D eigenvalue weighted by Gasteiger charge is -2.32. The molecule has 0 aromatic heterocycles. The van der Waals surface area contributed by atoms with Crippen LogP contribution in [0.3, 0.4) is 0 Å². The van der Waals surface area contributed by atoms with Crippen LogP contribution in [-0.2, 0) is 0 Å². The Bertz CT molecular complexity index is 191. The van der Waals surface area contributed by atoms with Crippen molar-refractivity contribution >= 4 is 5.96 Å². The molecule has 0 aromatic rings. The molecule has 82 valence electrons. The van der Waals surface area contributed by atoms with Gasteiger partial charge in [-0.05, 0) is 32.9 Å². The van der Waals surface area contributed by atoms with Crippen molar-refractivity contribution in [3.05, 3.63) is 0 Å². The molecule has 3 N–H and O–H groups in total. The highest BCUT2D eigenvalue weighted by Crippen LogP contribution is 2.08. The van der Waals surface area contributed by atoms with Crippen molar-refractivity contribution in [1.82, 2.24) is 10.2 Å². The predicted octanol–water partition coefficient (Wildman–Crippen LogP) is 0.395. The number of aliphatic imine (C=N–C) groups is 1. The van der Waals surface area contributed by atoms with Gasteiger partial charge in [0.05, 0.1) is 0 Å². The molecule has 1 aliphatic rings. The second kappa shape index (κ2) is 5.86. The molecule has 0 saturated carbocycles. The SMILES string of the molecule is CCN=C(N)NC1CCCN(CC)C1. The summed E-state index contributed by atoms with van der Waals surface area (Å²) < 4.78 is 0. The molecule has 1 fully saturated rings. The summed E-state index contributed by atoms with van der Waals surface area (Å²) in [6.07, 6.45) is 2.46. The van der Waals surface area contributed by atoms with Crippen LogP contribution in [0.1, 0.15) is 26.7 Å². The molecular weight excluding hydrogens is 176 g/mol. The van der Waals surface area contributed by atoms with Gasteiger partial charge in [0.2, 0.25) is 0 Å². The summed E-state index contributed by atoms with van der Waals surface area (Å²) >= 11 is 0. The van der Waals surface area contributed by atoms with Gasteiger partial charge < -0.3 is 16.0 Å². The average molecular weight is 198 g/mol. The van der Waals surface area contributed by atoms with Crippen LogP contribution in [-0.4, -0.2) is 43.1 Å². The Morgan fingerprint density at radius 2 is 2.36 bits per heavy atom. The topological polar surface area (TPSA) is 53.6 Å². The molecule has 1 saturated heterocycles. The normalized spacial score (nSPS) is 25.0. The summed E-state index contributed by atoms with van der Waals surface area (Å²) in [5.74, 6) is 0.593. The van der Waals surface area contributed by atoms with E-state index in [1.54, 1.807) is 0 Å². The number of nitrogens with two attached hydrogens (primary N) is 1. The number of piperidine rings is 1. The number of nitrogens with one attached hydrogen (secondary N) is 1. The van der Waals surface area contributed by atoms with E-state index >= 15 is 0 Å². The summed E-state index contributed by atoms with van der Waals surface area (Å²) in [5.41, 5.74) is 5.72. The Kier molecular flexibility index (Phi) is 4.73. The number of guanidine groups is 1. The molecule has 14 heavy (non-hydrogen) atoms. The maximum atomic E-state index is 5.72. The van der Waals surface area contributed by atoms with E-state index in [0.29, 0.717) is 12.0 Å². The zero-order valence-electron chi connectivity index (χ0n) is 9.29. The Morgan fingerprint density at radius 3 is 3.00 bits per heavy atom. The van der Waals surface area contributed by atoms with Crippen LogP contribution in [0.4, 0.5) is 0 Å². The van der Waals surface area contributed by atoms with Gasteiger partial charge in [-0.15, -0.1) is 0 Å². The third-order valence-electron chi connectivity index (χ3n) is 2.63. The first-order valence-corrected chi connectivity index (χ1v) is 5.55. The van der Waals surface area contributed by atoms with Gasteiger partial charge in [-0.1, -0.05) is 6.92 Å².